The standard InChI is InChI=1S/C29H28N6O2/c1-3-37-24-14-10-22(11-15-24)27-25-6-4-5-7-26(25)28(33-32-27)34-16-17-35(20(2)19-34)29(36)31-23-12-8-21(18-30)9-13-23/h4-15,20H,3,16-17,19H2,1-2H3,(H,31,36). The molecule has 1 saturated heterocycles. The van der Waals surface area contributed by atoms with Gasteiger partial charge in [0.15, 0.2) is 5.82 Å². The molecule has 8 nitrogen and oxygen atoms in total. The van der Waals surface area contributed by atoms with Gasteiger partial charge in [-0.15, -0.1) is 10.2 Å². The van der Waals surface area contributed by atoms with E-state index < -0.39 is 0 Å². The van der Waals surface area contributed by atoms with Crippen LogP contribution < -0.4 is 15.0 Å². The van der Waals surface area contributed by atoms with Gasteiger partial charge in [-0.25, -0.2) is 4.79 Å². The van der Waals surface area contributed by atoms with Crippen molar-refractivity contribution < 1.29 is 9.53 Å². The minimum atomic E-state index is -0.154. The van der Waals surface area contributed by atoms with Gasteiger partial charge in [0.05, 0.1) is 18.2 Å². The number of urea groups is 1. The number of nitrogens with one attached hydrogen (secondary N) is 1. The molecule has 37 heavy (non-hydrogen) atoms. The Balaban J connectivity index is 1.34. The van der Waals surface area contributed by atoms with Crippen molar-refractivity contribution in [3.8, 4) is 23.1 Å². The zero-order chi connectivity index (χ0) is 25.8. The van der Waals surface area contributed by atoms with Crippen molar-refractivity contribution in [3.63, 3.8) is 0 Å². The number of hydrogen-bond donors (Lipinski definition) is 1. The number of nitriles is 1. The van der Waals surface area contributed by atoms with Crippen LogP contribution in [0.5, 0.6) is 5.75 Å². The number of amides is 2. The lowest BCUT2D eigenvalue weighted by Gasteiger charge is -2.40. The molecule has 1 atom stereocenters. The average molecular weight is 493 g/mol. The van der Waals surface area contributed by atoms with Crippen LogP contribution in [0.4, 0.5) is 16.3 Å². The minimum absolute atomic E-state index is 0.0292. The summed E-state index contributed by atoms with van der Waals surface area (Å²) in [6, 6.07) is 24.9. The summed E-state index contributed by atoms with van der Waals surface area (Å²) in [7, 11) is 0. The lowest BCUT2D eigenvalue weighted by Crippen LogP contribution is -2.55. The van der Waals surface area contributed by atoms with Gasteiger partial charge in [0.1, 0.15) is 11.4 Å². The molecule has 0 radical (unpaired) electrons. The van der Waals surface area contributed by atoms with Crippen molar-refractivity contribution in [2.24, 2.45) is 0 Å². The molecule has 1 N–H and O–H groups in total. The molecule has 0 aliphatic carbocycles. The van der Waals surface area contributed by atoms with Gasteiger partial charge in [-0.2, -0.15) is 5.26 Å². The number of piperazine rings is 1. The summed E-state index contributed by atoms with van der Waals surface area (Å²) in [4.78, 5) is 17.0. The third kappa shape index (κ3) is 5.02. The Hall–Kier alpha value is -4.64. The summed E-state index contributed by atoms with van der Waals surface area (Å²) in [6.07, 6.45) is 0. The second-order valence-corrected chi connectivity index (χ2v) is 8.98. The molecular weight excluding hydrogens is 464 g/mol. The van der Waals surface area contributed by atoms with Crippen LogP contribution in [0.15, 0.2) is 72.8 Å². The van der Waals surface area contributed by atoms with E-state index in [0.29, 0.717) is 37.5 Å². The number of aromatic nitrogens is 2. The van der Waals surface area contributed by atoms with E-state index in [2.05, 4.69) is 38.6 Å². The van der Waals surface area contributed by atoms with Crippen LogP contribution in [-0.2, 0) is 0 Å². The Labute approximate surface area is 216 Å². The molecule has 1 fully saturated rings. The van der Waals surface area contributed by atoms with Crippen molar-refractivity contribution in [2.75, 3.05) is 36.5 Å². The van der Waals surface area contributed by atoms with Gasteiger partial charge in [0.25, 0.3) is 0 Å². The van der Waals surface area contributed by atoms with Gasteiger partial charge in [-0.3, -0.25) is 0 Å². The maximum Gasteiger partial charge on any atom is 0.322 e. The smallest absolute Gasteiger partial charge is 0.322 e. The van der Waals surface area contributed by atoms with Crippen LogP contribution in [0.25, 0.3) is 22.0 Å². The number of fused-ring (bicyclic) bond motifs is 1. The summed E-state index contributed by atoms with van der Waals surface area (Å²) in [6.45, 7) is 6.47. The zero-order valence-corrected chi connectivity index (χ0v) is 20.9. The molecule has 5 rings (SSSR count). The highest BCUT2D eigenvalue weighted by Gasteiger charge is 2.29. The molecular formula is C29H28N6O2. The fourth-order valence-electron chi connectivity index (χ4n) is 4.69. The fourth-order valence-corrected chi connectivity index (χ4v) is 4.69. The van der Waals surface area contributed by atoms with E-state index in [1.54, 1.807) is 24.3 Å². The number of ether oxygens (including phenoxy) is 1. The summed E-state index contributed by atoms with van der Waals surface area (Å²) in [5.74, 6) is 1.65. The molecule has 0 spiro atoms. The number of hydrogen-bond acceptors (Lipinski definition) is 6. The van der Waals surface area contributed by atoms with Crippen molar-refractivity contribution in [1.29, 1.82) is 5.26 Å². The SMILES string of the molecule is CCOc1ccc(-c2nnc(N3CCN(C(=O)Nc4ccc(C#N)cc4)C(C)C3)c3ccccc23)cc1. The first-order chi connectivity index (χ1) is 18.1. The van der Waals surface area contributed by atoms with Crippen molar-refractivity contribution in [1.82, 2.24) is 15.1 Å². The van der Waals surface area contributed by atoms with Gasteiger partial charge < -0.3 is 19.9 Å². The Morgan fingerprint density at radius 2 is 1.76 bits per heavy atom. The minimum Gasteiger partial charge on any atom is -0.494 e. The fraction of sp³-hybridized carbons (Fsp3) is 0.241. The second-order valence-electron chi connectivity index (χ2n) is 8.98. The van der Waals surface area contributed by atoms with Crippen molar-refractivity contribution in [2.45, 2.75) is 19.9 Å². The molecule has 3 aromatic carbocycles. The monoisotopic (exact) mass is 492 g/mol. The maximum absolute atomic E-state index is 12.9. The van der Waals surface area contributed by atoms with Gasteiger partial charge in [0, 0.05) is 47.7 Å². The highest BCUT2D eigenvalue weighted by molar-refractivity contribution is 6.00. The Kier molecular flexibility index (Phi) is 6.86. The highest BCUT2D eigenvalue weighted by Crippen LogP contribution is 2.33. The lowest BCUT2D eigenvalue weighted by atomic mass is 10.0. The van der Waals surface area contributed by atoms with E-state index >= 15 is 0 Å². The summed E-state index contributed by atoms with van der Waals surface area (Å²) in [5, 5.41) is 23.3. The molecule has 0 bridgehead atoms. The number of carbonyl (C=O) groups excluding carboxylic acids is 1. The van der Waals surface area contributed by atoms with Gasteiger partial charge >= 0.3 is 6.03 Å². The molecule has 1 aliphatic heterocycles. The Morgan fingerprint density at radius 3 is 2.43 bits per heavy atom. The Bertz CT molecular complexity index is 1450. The number of anilines is 2. The largest absolute Gasteiger partial charge is 0.494 e. The third-order valence-corrected chi connectivity index (χ3v) is 6.56. The maximum atomic E-state index is 12.9. The van der Waals surface area contributed by atoms with E-state index in [0.717, 1.165) is 33.6 Å². The molecule has 2 amide bonds. The average Bonchev–Trinajstić information content (AvgIpc) is 2.93. The first-order valence-electron chi connectivity index (χ1n) is 12.4. The van der Waals surface area contributed by atoms with Crippen LogP contribution >= 0.6 is 0 Å². The molecule has 1 aromatic heterocycles. The summed E-state index contributed by atoms with van der Waals surface area (Å²) in [5.41, 5.74) is 3.04. The first kappa shape index (κ1) is 24.1. The van der Waals surface area contributed by atoms with Crippen molar-refractivity contribution >= 4 is 28.3 Å². The van der Waals surface area contributed by atoms with Gasteiger partial charge in [-0.05, 0) is 62.4 Å². The van der Waals surface area contributed by atoms with Crippen LogP contribution in [0, 0.1) is 11.3 Å². The predicted octanol–water partition coefficient (Wildman–Crippen LogP) is 5.31. The molecule has 0 saturated carbocycles. The molecule has 2 heterocycles. The van der Waals surface area contributed by atoms with Crippen LogP contribution in [0.1, 0.15) is 19.4 Å². The van der Waals surface area contributed by atoms with E-state index in [1.165, 1.54) is 0 Å². The van der Waals surface area contributed by atoms with Gasteiger partial charge in [-0.1, -0.05) is 24.3 Å². The normalized spacial score (nSPS) is 15.3. The second kappa shape index (κ2) is 10.5. The van der Waals surface area contributed by atoms with Crippen LogP contribution in [0.2, 0.25) is 0 Å². The molecule has 186 valence electrons. The highest BCUT2D eigenvalue weighted by atomic mass is 16.5. The summed E-state index contributed by atoms with van der Waals surface area (Å²) < 4.78 is 5.57. The van der Waals surface area contributed by atoms with Crippen LogP contribution in [-0.4, -0.2) is 53.4 Å². The number of carbonyl (C=O) groups is 1. The number of rotatable bonds is 5. The van der Waals surface area contributed by atoms with E-state index in [1.807, 2.05) is 55.1 Å². The third-order valence-electron chi connectivity index (χ3n) is 6.56. The van der Waals surface area contributed by atoms with E-state index in [4.69, 9.17) is 10.00 Å². The zero-order valence-electron chi connectivity index (χ0n) is 20.9. The molecule has 1 aliphatic rings. The Morgan fingerprint density at radius 1 is 1.03 bits per heavy atom. The predicted molar refractivity (Wildman–Crippen MR) is 145 cm³/mol. The van der Waals surface area contributed by atoms with Gasteiger partial charge in [0.2, 0.25) is 0 Å². The molecule has 8 heteroatoms. The van der Waals surface area contributed by atoms with E-state index in [9.17, 15) is 4.79 Å². The number of nitrogens with zero attached hydrogens (tertiary/aromatic N) is 5. The summed E-state index contributed by atoms with van der Waals surface area (Å²) >= 11 is 0. The first-order valence-corrected chi connectivity index (χ1v) is 12.4. The topological polar surface area (TPSA) is 94.4 Å². The lowest BCUT2D eigenvalue weighted by molar-refractivity contribution is 0.184. The molecule has 4 aromatic rings. The van der Waals surface area contributed by atoms with Crippen LogP contribution in [0.3, 0.4) is 0 Å². The van der Waals surface area contributed by atoms with E-state index in [-0.39, 0.29) is 12.1 Å². The molecule has 1 unspecified atom stereocenters. The number of benzene rings is 3. The quantitative estimate of drug-likeness (QED) is 0.406. The van der Waals surface area contributed by atoms with Crippen molar-refractivity contribution in [3.05, 3.63) is 78.4 Å².